The molecule has 3 rings (SSSR count). The maximum Gasteiger partial charge on any atom is 0.0702 e. The third kappa shape index (κ3) is 3.08. The van der Waals surface area contributed by atoms with Gasteiger partial charge in [0.15, 0.2) is 0 Å². The molecule has 1 aromatic carbocycles. The molecule has 1 atom stereocenters. The minimum absolute atomic E-state index is 0.561. The van der Waals surface area contributed by atoms with Crippen LogP contribution < -0.4 is 10.2 Å². The van der Waals surface area contributed by atoms with Gasteiger partial charge in [0.25, 0.3) is 0 Å². The Bertz CT molecular complexity index is 581. The summed E-state index contributed by atoms with van der Waals surface area (Å²) >= 11 is 5.38. The molecule has 0 saturated carbocycles. The first-order chi connectivity index (χ1) is 9.76. The third-order valence-electron chi connectivity index (χ3n) is 3.82. The molecule has 1 aliphatic heterocycles. The molecule has 0 bridgehead atoms. The molecular weight excluding hydrogens is 332 g/mol. The van der Waals surface area contributed by atoms with E-state index in [1.54, 1.807) is 0 Å². The van der Waals surface area contributed by atoms with Crippen LogP contribution in [0.5, 0.6) is 0 Å². The molecule has 0 aliphatic carbocycles. The second-order valence-electron chi connectivity index (χ2n) is 5.20. The largest absolute Gasteiger partial charge is 0.365 e. The second kappa shape index (κ2) is 6.29. The van der Waals surface area contributed by atoms with E-state index in [2.05, 4.69) is 69.5 Å². The molecule has 106 valence electrons. The normalized spacial score (nSPS) is 18.7. The molecule has 1 aliphatic rings. The Morgan fingerprint density at radius 3 is 2.90 bits per heavy atom. The lowest BCUT2D eigenvalue weighted by molar-refractivity contribution is 0.502. The van der Waals surface area contributed by atoms with Crippen molar-refractivity contribution in [1.29, 1.82) is 0 Å². The number of benzene rings is 1. The summed E-state index contributed by atoms with van der Waals surface area (Å²) in [5.74, 6) is 0. The van der Waals surface area contributed by atoms with Crippen LogP contribution in [-0.2, 0) is 13.1 Å². The number of hydrogen-bond donors (Lipinski definition) is 1. The highest BCUT2D eigenvalue weighted by molar-refractivity contribution is 9.11. The van der Waals surface area contributed by atoms with Gasteiger partial charge in [-0.25, -0.2) is 0 Å². The van der Waals surface area contributed by atoms with Crippen LogP contribution in [0.4, 0.5) is 5.69 Å². The van der Waals surface area contributed by atoms with E-state index in [-0.39, 0.29) is 0 Å². The van der Waals surface area contributed by atoms with E-state index in [9.17, 15) is 0 Å². The SMILES string of the molecule is CCC1CN(Cc2ccc(Br)s2)c2ccccc2CN1. The summed E-state index contributed by atoms with van der Waals surface area (Å²) in [5.41, 5.74) is 2.78. The van der Waals surface area contributed by atoms with Crippen molar-refractivity contribution in [2.24, 2.45) is 0 Å². The summed E-state index contributed by atoms with van der Waals surface area (Å²) in [7, 11) is 0. The topological polar surface area (TPSA) is 15.3 Å². The number of nitrogens with zero attached hydrogens (tertiary/aromatic N) is 1. The van der Waals surface area contributed by atoms with Gasteiger partial charge in [0, 0.05) is 29.7 Å². The quantitative estimate of drug-likeness (QED) is 0.882. The zero-order valence-corrected chi connectivity index (χ0v) is 14.0. The van der Waals surface area contributed by atoms with E-state index >= 15 is 0 Å². The first-order valence-corrected chi connectivity index (χ1v) is 8.67. The molecule has 1 N–H and O–H groups in total. The Morgan fingerprint density at radius 2 is 2.15 bits per heavy atom. The van der Waals surface area contributed by atoms with Crippen molar-refractivity contribution in [2.45, 2.75) is 32.5 Å². The van der Waals surface area contributed by atoms with Gasteiger partial charge < -0.3 is 10.2 Å². The Balaban J connectivity index is 1.89. The van der Waals surface area contributed by atoms with Crippen LogP contribution in [0.25, 0.3) is 0 Å². The van der Waals surface area contributed by atoms with Gasteiger partial charge in [0.2, 0.25) is 0 Å². The molecule has 0 amide bonds. The maximum atomic E-state index is 3.66. The van der Waals surface area contributed by atoms with Gasteiger partial charge in [-0.05, 0) is 46.1 Å². The molecule has 2 nitrogen and oxygen atoms in total. The monoisotopic (exact) mass is 350 g/mol. The van der Waals surface area contributed by atoms with Crippen LogP contribution >= 0.6 is 27.3 Å². The molecule has 0 saturated heterocycles. The Hall–Kier alpha value is -0.840. The van der Waals surface area contributed by atoms with E-state index in [1.165, 1.54) is 26.3 Å². The number of rotatable bonds is 3. The average Bonchev–Trinajstić information content (AvgIpc) is 2.79. The van der Waals surface area contributed by atoms with Crippen molar-refractivity contribution in [2.75, 3.05) is 11.4 Å². The molecule has 20 heavy (non-hydrogen) atoms. The maximum absolute atomic E-state index is 3.66. The standard InChI is InChI=1S/C16H19BrN2S/c1-2-13-10-19(11-14-7-8-16(17)20-14)15-6-4-3-5-12(15)9-18-13/h3-8,13,18H,2,9-11H2,1H3. The minimum atomic E-state index is 0.561. The van der Waals surface area contributed by atoms with Gasteiger partial charge in [0.1, 0.15) is 0 Å². The van der Waals surface area contributed by atoms with Crippen LogP contribution in [0, 0.1) is 0 Å². The number of para-hydroxylation sites is 1. The van der Waals surface area contributed by atoms with Crippen molar-refractivity contribution in [3.8, 4) is 0 Å². The van der Waals surface area contributed by atoms with Gasteiger partial charge in [-0.15, -0.1) is 11.3 Å². The predicted octanol–water partition coefficient (Wildman–Crippen LogP) is 4.40. The van der Waals surface area contributed by atoms with Gasteiger partial charge in [-0.1, -0.05) is 25.1 Å². The third-order valence-corrected chi connectivity index (χ3v) is 5.43. The smallest absolute Gasteiger partial charge is 0.0702 e. The van der Waals surface area contributed by atoms with Crippen molar-refractivity contribution < 1.29 is 0 Å². The summed E-state index contributed by atoms with van der Waals surface area (Å²) in [6.45, 7) is 5.29. The van der Waals surface area contributed by atoms with Crippen molar-refractivity contribution >= 4 is 33.0 Å². The average molecular weight is 351 g/mol. The highest BCUT2D eigenvalue weighted by atomic mass is 79.9. The summed E-state index contributed by atoms with van der Waals surface area (Å²) in [6, 6.07) is 13.7. The predicted molar refractivity (Wildman–Crippen MR) is 90.4 cm³/mol. The second-order valence-corrected chi connectivity index (χ2v) is 7.75. The van der Waals surface area contributed by atoms with Crippen molar-refractivity contribution in [1.82, 2.24) is 5.32 Å². The van der Waals surface area contributed by atoms with Crippen LogP contribution in [-0.4, -0.2) is 12.6 Å². The number of fused-ring (bicyclic) bond motifs is 1. The zero-order valence-electron chi connectivity index (χ0n) is 11.6. The van der Waals surface area contributed by atoms with Crippen LogP contribution in [0.3, 0.4) is 0 Å². The van der Waals surface area contributed by atoms with Gasteiger partial charge in [-0.3, -0.25) is 0 Å². The molecule has 4 heteroatoms. The summed E-state index contributed by atoms with van der Waals surface area (Å²) in [6.07, 6.45) is 1.17. The van der Waals surface area contributed by atoms with Gasteiger partial charge in [0.05, 0.1) is 10.3 Å². The zero-order chi connectivity index (χ0) is 13.9. The molecule has 1 unspecified atom stereocenters. The number of halogens is 1. The van der Waals surface area contributed by atoms with Crippen molar-refractivity contribution in [3.63, 3.8) is 0 Å². The first kappa shape index (κ1) is 14.1. The molecular formula is C16H19BrN2S. The van der Waals surface area contributed by atoms with E-state index in [1.807, 2.05) is 11.3 Å². The first-order valence-electron chi connectivity index (χ1n) is 7.06. The molecule has 2 aromatic rings. The van der Waals surface area contributed by atoms with E-state index in [0.29, 0.717) is 6.04 Å². The highest BCUT2D eigenvalue weighted by Crippen LogP contribution is 2.29. The number of hydrogen-bond acceptors (Lipinski definition) is 3. The molecule has 0 radical (unpaired) electrons. The number of thiophene rings is 1. The Kier molecular flexibility index (Phi) is 4.44. The summed E-state index contributed by atoms with van der Waals surface area (Å²) < 4.78 is 1.21. The van der Waals surface area contributed by atoms with Gasteiger partial charge in [-0.2, -0.15) is 0 Å². The molecule has 2 heterocycles. The highest BCUT2D eigenvalue weighted by Gasteiger charge is 2.20. The Morgan fingerprint density at radius 1 is 1.30 bits per heavy atom. The summed E-state index contributed by atoms with van der Waals surface area (Å²) in [5, 5.41) is 3.66. The van der Waals surface area contributed by atoms with E-state index in [4.69, 9.17) is 0 Å². The number of nitrogens with one attached hydrogen (secondary N) is 1. The minimum Gasteiger partial charge on any atom is -0.365 e. The van der Waals surface area contributed by atoms with E-state index in [0.717, 1.165) is 19.6 Å². The lowest BCUT2D eigenvalue weighted by Crippen LogP contribution is -2.37. The lowest BCUT2D eigenvalue weighted by atomic mass is 10.1. The van der Waals surface area contributed by atoms with E-state index < -0.39 is 0 Å². The molecule has 0 spiro atoms. The fourth-order valence-electron chi connectivity index (χ4n) is 2.70. The van der Waals surface area contributed by atoms with Gasteiger partial charge >= 0.3 is 0 Å². The Labute approximate surface area is 132 Å². The molecule has 1 aromatic heterocycles. The fraction of sp³-hybridized carbons (Fsp3) is 0.375. The lowest BCUT2D eigenvalue weighted by Gasteiger charge is -2.26. The molecule has 0 fully saturated rings. The fourth-order valence-corrected chi connectivity index (χ4v) is 4.20. The summed E-state index contributed by atoms with van der Waals surface area (Å²) in [4.78, 5) is 3.92. The van der Waals surface area contributed by atoms with Crippen LogP contribution in [0.2, 0.25) is 0 Å². The van der Waals surface area contributed by atoms with Crippen LogP contribution in [0.15, 0.2) is 40.2 Å². The van der Waals surface area contributed by atoms with Crippen molar-refractivity contribution in [3.05, 3.63) is 50.6 Å². The number of anilines is 1. The van der Waals surface area contributed by atoms with Crippen LogP contribution in [0.1, 0.15) is 23.8 Å².